The molecule has 1 atom stereocenters. The first-order chi connectivity index (χ1) is 16.1. The van der Waals surface area contributed by atoms with Crippen LogP contribution in [0.3, 0.4) is 0 Å². The van der Waals surface area contributed by atoms with Gasteiger partial charge >= 0.3 is 0 Å². The van der Waals surface area contributed by atoms with Gasteiger partial charge in [0.2, 0.25) is 0 Å². The smallest absolute Gasteiger partial charge is 0.271 e. The van der Waals surface area contributed by atoms with Crippen LogP contribution in [-0.4, -0.2) is 4.57 Å². The molecule has 4 aromatic rings. The van der Waals surface area contributed by atoms with Crippen LogP contribution in [0.1, 0.15) is 40.3 Å². The van der Waals surface area contributed by atoms with E-state index in [0.717, 1.165) is 34.5 Å². The van der Waals surface area contributed by atoms with Gasteiger partial charge in [0.25, 0.3) is 5.56 Å². The van der Waals surface area contributed by atoms with Crippen molar-refractivity contribution in [1.29, 1.82) is 0 Å². The van der Waals surface area contributed by atoms with Gasteiger partial charge in [0.05, 0.1) is 16.3 Å². The summed E-state index contributed by atoms with van der Waals surface area (Å²) < 4.78 is 2.57. The number of hydrogen-bond donors (Lipinski definition) is 0. The number of thiazole rings is 1. The number of aryl methyl sites for hydroxylation is 2. The Morgan fingerprint density at radius 1 is 1.00 bits per heavy atom. The lowest BCUT2D eigenvalue weighted by Gasteiger charge is -2.30. The molecular weight excluding hydrogens is 448 g/mol. The molecule has 162 valence electrons. The third-order valence-corrected chi connectivity index (χ3v) is 7.67. The van der Waals surface area contributed by atoms with E-state index in [9.17, 15) is 4.79 Å². The molecule has 0 bridgehead atoms. The number of fused-ring (bicyclic) bond motifs is 3. The van der Waals surface area contributed by atoms with Crippen LogP contribution in [0.15, 0.2) is 88.2 Å². The predicted octanol–water partition coefficient (Wildman–Crippen LogP) is 5.28. The van der Waals surface area contributed by atoms with Crippen molar-refractivity contribution < 1.29 is 0 Å². The van der Waals surface area contributed by atoms with Crippen molar-refractivity contribution in [3.05, 3.63) is 131 Å². The zero-order chi connectivity index (χ0) is 22.5. The first-order valence-corrected chi connectivity index (χ1v) is 12.2. The topological polar surface area (TPSA) is 34.4 Å². The van der Waals surface area contributed by atoms with Gasteiger partial charge < -0.3 is 0 Å². The first-order valence-electron chi connectivity index (χ1n) is 11.0. The van der Waals surface area contributed by atoms with E-state index in [2.05, 4.69) is 55.5 Å². The number of allylic oxidation sites excluding steroid dienone is 1. The summed E-state index contributed by atoms with van der Waals surface area (Å²) >= 11 is 7.49. The van der Waals surface area contributed by atoms with Gasteiger partial charge in [-0.25, -0.2) is 4.99 Å². The molecule has 0 fully saturated rings. The maximum Gasteiger partial charge on any atom is 0.271 e. The summed E-state index contributed by atoms with van der Waals surface area (Å²) in [5, 5.41) is 0.680. The lowest BCUT2D eigenvalue weighted by Crippen LogP contribution is -2.38. The van der Waals surface area contributed by atoms with Gasteiger partial charge in [-0.15, -0.1) is 0 Å². The van der Waals surface area contributed by atoms with Crippen molar-refractivity contribution in [1.82, 2.24) is 4.57 Å². The quantitative estimate of drug-likeness (QED) is 0.394. The van der Waals surface area contributed by atoms with Crippen LogP contribution in [0.2, 0.25) is 5.02 Å². The summed E-state index contributed by atoms with van der Waals surface area (Å²) in [6, 6.07) is 24.4. The lowest BCUT2D eigenvalue weighted by molar-refractivity contribution is 0.585. The Kier molecular flexibility index (Phi) is 4.93. The van der Waals surface area contributed by atoms with Gasteiger partial charge in [-0.3, -0.25) is 9.36 Å². The highest BCUT2D eigenvalue weighted by atomic mass is 35.5. The Morgan fingerprint density at radius 3 is 2.55 bits per heavy atom. The second kappa shape index (κ2) is 7.98. The van der Waals surface area contributed by atoms with Crippen LogP contribution in [0.25, 0.3) is 11.8 Å². The van der Waals surface area contributed by atoms with Gasteiger partial charge in [0, 0.05) is 10.6 Å². The Morgan fingerprint density at radius 2 is 1.76 bits per heavy atom. The molecule has 0 spiro atoms. The molecule has 1 unspecified atom stereocenters. The van der Waals surface area contributed by atoms with Crippen LogP contribution >= 0.6 is 22.9 Å². The molecule has 3 nitrogen and oxygen atoms in total. The molecule has 1 aromatic heterocycles. The second-order valence-electron chi connectivity index (χ2n) is 8.58. The van der Waals surface area contributed by atoms with Gasteiger partial charge in [0.1, 0.15) is 0 Å². The monoisotopic (exact) mass is 468 g/mol. The van der Waals surface area contributed by atoms with Gasteiger partial charge in [0.15, 0.2) is 4.80 Å². The highest BCUT2D eigenvalue weighted by Crippen LogP contribution is 2.41. The highest BCUT2D eigenvalue weighted by molar-refractivity contribution is 7.07. The van der Waals surface area contributed by atoms with Crippen LogP contribution < -0.4 is 14.9 Å². The van der Waals surface area contributed by atoms with Crippen molar-refractivity contribution in [2.45, 2.75) is 25.8 Å². The fourth-order valence-corrected chi connectivity index (χ4v) is 5.91. The number of aromatic nitrogens is 1. The normalized spacial score (nSPS) is 17.3. The van der Waals surface area contributed by atoms with Crippen LogP contribution in [0.5, 0.6) is 0 Å². The summed E-state index contributed by atoms with van der Waals surface area (Å²) in [5.74, 6) is 0. The minimum absolute atomic E-state index is 0.00434. The molecule has 0 radical (unpaired) electrons. The third kappa shape index (κ3) is 3.50. The third-order valence-electron chi connectivity index (χ3n) is 6.43. The maximum absolute atomic E-state index is 13.7. The van der Waals surface area contributed by atoms with E-state index >= 15 is 0 Å². The SMILES string of the molecule is Cc1ccc(C2C3=C(N=c4sc(=Cc5ccc(Cl)cc5)c(=O)n42)c2ccccc2CC3)cc1. The standard InChI is InChI=1S/C28H21ClN2OS/c1-17-6-10-20(11-7-17)26-23-15-12-19-4-2-3-5-22(19)25(23)30-28-31(26)27(32)24(33-28)16-18-8-13-21(29)14-9-18/h2-11,13-14,16,26H,12,15H2,1H3. The Balaban J connectivity index is 1.62. The average molecular weight is 469 g/mol. The largest absolute Gasteiger partial charge is 0.272 e. The summed E-state index contributed by atoms with van der Waals surface area (Å²) in [6.07, 6.45) is 3.79. The fraction of sp³-hybridized carbons (Fsp3) is 0.143. The molecule has 5 heteroatoms. The molecule has 2 heterocycles. The number of benzene rings is 3. The van der Waals surface area contributed by atoms with E-state index in [1.807, 2.05) is 34.9 Å². The first kappa shape index (κ1) is 20.4. The van der Waals surface area contributed by atoms with E-state index in [-0.39, 0.29) is 11.6 Å². The summed E-state index contributed by atoms with van der Waals surface area (Å²) in [7, 11) is 0. The Hall–Kier alpha value is -3.21. The predicted molar refractivity (Wildman–Crippen MR) is 135 cm³/mol. The number of nitrogens with zero attached hydrogens (tertiary/aromatic N) is 2. The fourth-order valence-electron chi connectivity index (χ4n) is 4.78. The van der Waals surface area contributed by atoms with E-state index in [0.29, 0.717) is 9.55 Å². The molecule has 0 N–H and O–H groups in total. The molecule has 2 aliphatic rings. The average Bonchev–Trinajstić information content (AvgIpc) is 3.14. The van der Waals surface area contributed by atoms with Crippen molar-refractivity contribution >= 4 is 34.7 Å². The van der Waals surface area contributed by atoms with E-state index in [1.54, 1.807) is 0 Å². The van der Waals surface area contributed by atoms with E-state index in [1.165, 1.54) is 33.6 Å². The van der Waals surface area contributed by atoms with Crippen molar-refractivity contribution in [3.8, 4) is 0 Å². The molecule has 33 heavy (non-hydrogen) atoms. The molecule has 0 saturated carbocycles. The maximum atomic E-state index is 13.7. The van der Waals surface area contributed by atoms with Crippen LogP contribution in [0.4, 0.5) is 0 Å². The molecule has 0 amide bonds. The second-order valence-corrected chi connectivity index (χ2v) is 10.0. The number of hydrogen-bond acceptors (Lipinski definition) is 3. The van der Waals surface area contributed by atoms with E-state index in [4.69, 9.17) is 16.6 Å². The van der Waals surface area contributed by atoms with E-state index < -0.39 is 0 Å². The Labute approximate surface area is 200 Å². The molecule has 0 saturated heterocycles. The van der Waals surface area contributed by atoms with Crippen LogP contribution in [-0.2, 0) is 6.42 Å². The molecule has 6 rings (SSSR count). The summed E-state index contributed by atoms with van der Waals surface area (Å²) in [6.45, 7) is 2.09. The Bertz CT molecular complexity index is 1590. The lowest BCUT2D eigenvalue weighted by atomic mass is 9.83. The van der Waals surface area contributed by atoms with Crippen molar-refractivity contribution in [2.24, 2.45) is 4.99 Å². The minimum Gasteiger partial charge on any atom is -0.272 e. The minimum atomic E-state index is -0.141. The molecule has 1 aliphatic carbocycles. The number of halogens is 1. The van der Waals surface area contributed by atoms with Gasteiger partial charge in [-0.2, -0.15) is 0 Å². The van der Waals surface area contributed by atoms with Crippen LogP contribution in [0, 0.1) is 6.92 Å². The van der Waals surface area contributed by atoms with Gasteiger partial charge in [-0.05, 0) is 60.2 Å². The molecular formula is C28H21ClN2OS. The molecule has 3 aromatic carbocycles. The zero-order valence-corrected chi connectivity index (χ0v) is 19.7. The van der Waals surface area contributed by atoms with Gasteiger partial charge in [-0.1, -0.05) is 89.2 Å². The molecule has 1 aliphatic heterocycles. The zero-order valence-electron chi connectivity index (χ0n) is 18.1. The van der Waals surface area contributed by atoms with Crippen molar-refractivity contribution in [2.75, 3.05) is 0 Å². The highest BCUT2D eigenvalue weighted by Gasteiger charge is 2.32. The summed E-state index contributed by atoms with van der Waals surface area (Å²) in [5.41, 5.74) is 8.05. The van der Waals surface area contributed by atoms with Crippen molar-refractivity contribution in [3.63, 3.8) is 0 Å². The number of rotatable bonds is 2. The summed E-state index contributed by atoms with van der Waals surface area (Å²) in [4.78, 5) is 19.5.